The normalized spacial score (nSPS) is 17.9. The lowest BCUT2D eigenvalue weighted by molar-refractivity contribution is -0.143. The standard InChI is InChI=1S/C24H28N4O5S/c29-21-10-4-5-17-28(21)22(18-8-2-1-3-9-18)24(31)26-25-23(30)19-11-13-20(14-12-19)34(32,33)27-15-6-7-16-27/h1-3,8-9,11-14,22H,4-7,10,15-17H2,(H,25,30)(H,26,31). The molecule has 9 nitrogen and oxygen atoms in total. The first kappa shape index (κ1) is 23.9. The van der Waals surface area contributed by atoms with Crippen molar-refractivity contribution in [2.24, 2.45) is 0 Å². The molecule has 34 heavy (non-hydrogen) atoms. The molecule has 1 unspecified atom stereocenters. The highest BCUT2D eigenvalue weighted by Crippen LogP contribution is 2.26. The highest BCUT2D eigenvalue weighted by molar-refractivity contribution is 7.89. The fourth-order valence-corrected chi connectivity index (χ4v) is 5.84. The minimum absolute atomic E-state index is 0.101. The Balaban J connectivity index is 1.43. The van der Waals surface area contributed by atoms with E-state index >= 15 is 0 Å². The van der Waals surface area contributed by atoms with Crippen LogP contribution in [0.15, 0.2) is 59.5 Å². The van der Waals surface area contributed by atoms with Crippen molar-refractivity contribution in [2.75, 3.05) is 19.6 Å². The largest absolute Gasteiger partial charge is 0.326 e. The van der Waals surface area contributed by atoms with Gasteiger partial charge in [-0.2, -0.15) is 4.31 Å². The lowest BCUT2D eigenvalue weighted by Crippen LogP contribution is -2.50. The Labute approximate surface area is 199 Å². The molecular formula is C24H28N4O5S. The quantitative estimate of drug-likeness (QED) is 0.609. The van der Waals surface area contributed by atoms with Crippen LogP contribution >= 0.6 is 0 Å². The molecule has 2 saturated heterocycles. The maximum Gasteiger partial charge on any atom is 0.269 e. The molecule has 4 rings (SSSR count). The second kappa shape index (κ2) is 10.4. The number of likely N-dealkylation sites (tertiary alicyclic amines) is 1. The number of hydrogen-bond acceptors (Lipinski definition) is 5. The van der Waals surface area contributed by atoms with Crippen molar-refractivity contribution in [3.05, 3.63) is 65.7 Å². The van der Waals surface area contributed by atoms with Crippen LogP contribution in [-0.4, -0.2) is 55.0 Å². The number of nitrogens with zero attached hydrogens (tertiary/aromatic N) is 2. The van der Waals surface area contributed by atoms with Gasteiger partial charge in [0.15, 0.2) is 0 Å². The molecule has 3 amide bonds. The van der Waals surface area contributed by atoms with Gasteiger partial charge in [-0.15, -0.1) is 0 Å². The van der Waals surface area contributed by atoms with E-state index in [-0.39, 0.29) is 16.4 Å². The maximum atomic E-state index is 13.1. The summed E-state index contributed by atoms with van der Waals surface area (Å²) in [7, 11) is -3.57. The van der Waals surface area contributed by atoms with E-state index in [4.69, 9.17) is 0 Å². The number of amides is 3. The fraction of sp³-hybridized carbons (Fsp3) is 0.375. The second-order valence-corrected chi connectivity index (χ2v) is 10.4. The van der Waals surface area contributed by atoms with E-state index < -0.39 is 27.9 Å². The summed E-state index contributed by atoms with van der Waals surface area (Å²) in [6.07, 6.45) is 3.66. The van der Waals surface area contributed by atoms with Gasteiger partial charge >= 0.3 is 0 Å². The molecule has 0 aliphatic carbocycles. The number of carbonyl (C=O) groups excluding carboxylic acids is 3. The Kier molecular flexibility index (Phi) is 7.28. The zero-order valence-corrected chi connectivity index (χ0v) is 19.6. The Morgan fingerprint density at radius 3 is 2.12 bits per heavy atom. The SMILES string of the molecule is O=C(NNC(=O)C(c1ccccc1)N1CCCCC1=O)c1ccc(S(=O)(=O)N2CCCC2)cc1. The average molecular weight is 485 g/mol. The third-order valence-corrected chi connectivity index (χ3v) is 8.07. The van der Waals surface area contributed by atoms with Gasteiger partial charge in [-0.25, -0.2) is 8.42 Å². The third kappa shape index (κ3) is 5.13. The molecule has 1 atom stereocenters. The molecule has 2 aliphatic heterocycles. The molecule has 0 spiro atoms. The summed E-state index contributed by atoms with van der Waals surface area (Å²) < 4.78 is 26.7. The summed E-state index contributed by atoms with van der Waals surface area (Å²) in [4.78, 5) is 39.8. The minimum Gasteiger partial charge on any atom is -0.326 e. The number of hydrogen-bond donors (Lipinski definition) is 2. The van der Waals surface area contributed by atoms with Gasteiger partial charge in [0.25, 0.3) is 11.8 Å². The van der Waals surface area contributed by atoms with E-state index in [2.05, 4.69) is 10.9 Å². The van der Waals surface area contributed by atoms with Gasteiger partial charge in [0, 0.05) is 31.6 Å². The molecule has 180 valence electrons. The Morgan fingerprint density at radius 1 is 0.824 bits per heavy atom. The molecule has 0 saturated carbocycles. The summed E-state index contributed by atoms with van der Waals surface area (Å²) >= 11 is 0. The van der Waals surface area contributed by atoms with Gasteiger partial charge in [-0.3, -0.25) is 25.2 Å². The van der Waals surface area contributed by atoms with E-state index in [0.717, 1.165) is 25.7 Å². The minimum atomic E-state index is -3.57. The first-order valence-electron chi connectivity index (χ1n) is 11.4. The van der Waals surface area contributed by atoms with Crippen LogP contribution in [0.5, 0.6) is 0 Å². The molecule has 2 aromatic carbocycles. The number of benzene rings is 2. The Bertz CT molecular complexity index is 1150. The molecule has 2 fully saturated rings. The van der Waals surface area contributed by atoms with Crippen LogP contribution < -0.4 is 10.9 Å². The third-order valence-electron chi connectivity index (χ3n) is 6.15. The van der Waals surface area contributed by atoms with Crippen LogP contribution in [0.3, 0.4) is 0 Å². The maximum absolute atomic E-state index is 13.1. The van der Waals surface area contributed by atoms with Crippen molar-refractivity contribution in [3.63, 3.8) is 0 Å². The predicted octanol–water partition coefficient (Wildman–Crippen LogP) is 1.99. The summed E-state index contributed by atoms with van der Waals surface area (Å²) in [5, 5.41) is 0. The Hall–Kier alpha value is -3.24. The zero-order valence-electron chi connectivity index (χ0n) is 18.8. The van der Waals surface area contributed by atoms with Crippen molar-refractivity contribution in [1.82, 2.24) is 20.1 Å². The lowest BCUT2D eigenvalue weighted by Gasteiger charge is -2.34. The van der Waals surface area contributed by atoms with Gasteiger partial charge in [0.2, 0.25) is 15.9 Å². The van der Waals surface area contributed by atoms with Crippen molar-refractivity contribution in [2.45, 2.75) is 43.0 Å². The van der Waals surface area contributed by atoms with Crippen molar-refractivity contribution >= 4 is 27.7 Å². The zero-order chi connectivity index (χ0) is 24.1. The highest BCUT2D eigenvalue weighted by atomic mass is 32.2. The first-order chi connectivity index (χ1) is 16.4. The summed E-state index contributed by atoms with van der Waals surface area (Å²) in [6.45, 7) is 1.46. The number of carbonyl (C=O) groups is 3. The smallest absolute Gasteiger partial charge is 0.269 e. The van der Waals surface area contributed by atoms with E-state index in [1.807, 2.05) is 6.07 Å². The number of hydrazine groups is 1. The van der Waals surface area contributed by atoms with Crippen molar-refractivity contribution in [3.8, 4) is 0 Å². The van der Waals surface area contributed by atoms with Crippen LogP contribution in [-0.2, 0) is 19.6 Å². The van der Waals surface area contributed by atoms with Crippen LogP contribution in [0.1, 0.15) is 54.1 Å². The summed E-state index contributed by atoms with van der Waals surface area (Å²) in [5.74, 6) is -1.21. The molecule has 2 N–H and O–H groups in total. The molecule has 0 radical (unpaired) electrons. The number of nitrogens with one attached hydrogen (secondary N) is 2. The topological polar surface area (TPSA) is 116 Å². The van der Waals surface area contributed by atoms with Crippen molar-refractivity contribution in [1.29, 1.82) is 0 Å². The number of piperidine rings is 1. The van der Waals surface area contributed by atoms with Gasteiger partial charge in [-0.05, 0) is 55.5 Å². The lowest BCUT2D eigenvalue weighted by atomic mass is 10.0. The van der Waals surface area contributed by atoms with Crippen LogP contribution in [0.4, 0.5) is 0 Å². The highest BCUT2D eigenvalue weighted by Gasteiger charge is 2.33. The molecular weight excluding hydrogens is 456 g/mol. The van der Waals surface area contributed by atoms with E-state index in [0.29, 0.717) is 31.6 Å². The first-order valence-corrected chi connectivity index (χ1v) is 12.9. The van der Waals surface area contributed by atoms with Crippen LogP contribution in [0.25, 0.3) is 0 Å². The van der Waals surface area contributed by atoms with Crippen LogP contribution in [0.2, 0.25) is 0 Å². The summed E-state index contributed by atoms with van der Waals surface area (Å²) in [5.41, 5.74) is 5.66. The monoisotopic (exact) mass is 484 g/mol. The van der Waals surface area contributed by atoms with Gasteiger partial charge in [0.05, 0.1) is 4.90 Å². The molecule has 2 heterocycles. The van der Waals surface area contributed by atoms with Gasteiger partial charge < -0.3 is 4.90 Å². The molecule has 2 aliphatic rings. The van der Waals surface area contributed by atoms with Gasteiger partial charge in [-0.1, -0.05) is 30.3 Å². The molecule has 10 heteroatoms. The van der Waals surface area contributed by atoms with Gasteiger partial charge in [0.1, 0.15) is 6.04 Å². The summed E-state index contributed by atoms with van der Waals surface area (Å²) in [6, 6.07) is 13.7. The second-order valence-electron chi connectivity index (χ2n) is 8.44. The van der Waals surface area contributed by atoms with Crippen molar-refractivity contribution < 1.29 is 22.8 Å². The van der Waals surface area contributed by atoms with Crippen LogP contribution in [0, 0.1) is 0 Å². The molecule has 0 aromatic heterocycles. The van der Waals surface area contributed by atoms with E-state index in [1.54, 1.807) is 29.2 Å². The van der Waals surface area contributed by atoms with E-state index in [9.17, 15) is 22.8 Å². The number of rotatable bonds is 6. The van der Waals surface area contributed by atoms with E-state index in [1.165, 1.54) is 28.6 Å². The predicted molar refractivity (Wildman–Crippen MR) is 125 cm³/mol. The molecule has 0 bridgehead atoms. The molecule has 2 aromatic rings. The Morgan fingerprint density at radius 2 is 1.47 bits per heavy atom. The average Bonchev–Trinajstić information content (AvgIpc) is 3.41. The fourth-order valence-electron chi connectivity index (χ4n) is 4.32. The number of sulfonamides is 1.